The Bertz CT molecular complexity index is 249. The van der Waals surface area contributed by atoms with Crippen molar-refractivity contribution in [2.45, 2.75) is 77.8 Å². The maximum atomic E-state index is 6.06. The van der Waals surface area contributed by atoms with Crippen molar-refractivity contribution in [1.82, 2.24) is 5.32 Å². The van der Waals surface area contributed by atoms with Gasteiger partial charge in [-0.3, -0.25) is 0 Å². The Morgan fingerprint density at radius 3 is 1.86 bits per heavy atom. The van der Waals surface area contributed by atoms with Crippen LogP contribution in [0.5, 0.6) is 0 Å². The van der Waals surface area contributed by atoms with Crippen LogP contribution < -0.4 is 5.32 Å². The van der Waals surface area contributed by atoms with Crippen LogP contribution in [0.3, 0.4) is 0 Å². The molecule has 21 heavy (non-hydrogen) atoms. The molecule has 2 atom stereocenters. The topological polar surface area (TPSA) is 39.7 Å². The standard InChI is InChI=1S/C15H37NO3Si2/c1-8-13(20-15(17-10-3)18-11-4)16-14(9-2)21(6,7)19-12-5/h13-16H,8-12,20H2,1-7H3. The minimum absolute atomic E-state index is 0.0341. The summed E-state index contributed by atoms with van der Waals surface area (Å²) in [5, 5.41) is 3.86. The summed E-state index contributed by atoms with van der Waals surface area (Å²) in [6.45, 7) is 17.6. The number of hydrogen-bond acceptors (Lipinski definition) is 4. The average molecular weight is 336 g/mol. The van der Waals surface area contributed by atoms with E-state index >= 15 is 0 Å². The summed E-state index contributed by atoms with van der Waals surface area (Å²) in [6, 6.07) is 0. The molecule has 0 fully saturated rings. The number of nitrogens with one attached hydrogen (secondary N) is 1. The maximum absolute atomic E-state index is 6.06. The zero-order chi connectivity index (χ0) is 16.3. The zero-order valence-corrected chi connectivity index (χ0v) is 17.6. The number of hydrogen-bond donors (Lipinski definition) is 1. The molecule has 0 spiro atoms. The minimum atomic E-state index is -1.67. The molecule has 0 radical (unpaired) electrons. The summed E-state index contributed by atoms with van der Waals surface area (Å²) >= 11 is 0. The third kappa shape index (κ3) is 8.47. The van der Waals surface area contributed by atoms with E-state index < -0.39 is 17.8 Å². The molecule has 0 saturated carbocycles. The molecule has 0 aliphatic carbocycles. The molecule has 128 valence electrons. The highest BCUT2D eigenvalue weighted by Gasteiger charge is 2.33. The van der Waals surface area contributed by atoms with Gasteiger partial charge in [0.2, 0.25) is 8.32 Å². The van der Waals surface area contributed by atoms with Crippen molar-refractivity contribution in [3.05, 3.63) is 0 Å². The molecule has 1 N–H and O–H groups in total. The second kappa shape index (κ2) is 11.8. The van der Waals surface area contributed by atoms with Crippen LogP contribution in [0.25, 0.3) is 0 Å². The highest BCUT2D eigenvalue weighted by Crippen LogP contribution is 2.15. The van der Waals surface area contributed by atoms with Gasteiger partial charge in [0.05, 0.1) is 0 Å². The number of ether oxygens (including phenoxy) is 2. The van der Waals surface area contributed by atoms with E-state index in [0.29, 0.717) is 11.3 Å². The van der Waals surface area contributed by atoms with E-state index in [1.807, 2.05) is 13.8 Å². The molecular weight excluding hydrogens is 298 g/mol. The Morgan fingerprint density at radius 2 is 1.48 bits per heavy atom. The largest absolute Gasteiger partial charge is 0.416 e. The lowest BCUT2D eigenvalue weighted by atomic mass is 10.4. The molecule has 0 aliphatic heterocycles. The van der Waals surface area contributed by atoms with E-state index in [0.717, 1.165) is 32.7 Å². The van der Waals surface area contributed by atoms with Crippen LogP contribution in [0.1, 0.15) is 47.5 Å². The summed E-state index contributed by atoms with van der Waals surface area (Å²) in [6.07, 6.45) is 2.26. The molecule has 4 nitrogen and oxygen atoms in total. The first-order valence-corrected chi connectivity index (χ1v) is 13.2. The molecule has 2 unspecified atom stereocenters. The second-order valence-electron chi connectivity index (χ2n) is 5.85. The van der Waals surface area contributed by atoms with E-state index in [1.165, 1.54) is 0 Å². The van der Waals surface area contributed by atoms with E-state index in [2.05, 4.69) is 39.2 Å². The smallest absolute Gasteiger partial charge is 0.203 e. The summed E-state index contributed by atoms with van der Waals surface area (Å²) in [4.78, 5) is 0. The van der Waals surface area contributed by atoms with Crippen LogP contribution in [0.4, 0.5) is 0 Å². The van der Waals surface area contributed by atoms with Gasteiger partial charge in [0.25, 0.3) is 0 Å². The Kier molecular flexibility index (Phi) is 11.9. The fourth-order valence-electron chi connectivity index (χ4n) is 2.71. The first kappa shape index (κ1) is 21.3. The van der Waals surface area contributed by atoms with Crippen molar-refractivity contribution in [2.75, 3.05) is 19.8 Å². The maximum Gasteiger partial charge on any atom is 0.203 e. The third-order valence-corrected chi connectivity index (χ3v) is 9.40. The fourth-order valence-corrected chi connectivity index (χ4v) is 7.47. The van der Waals surface area contributed by atoms with Crippen LogP contribution in [-0.4, -0.2) is 54.9 Å². The SMILES string of the molecule is CCOC(OCC)[SiH2]C(CC)NC(CC)[Si](C)(C)OCC. The Hall–Kier alpha value is 0.274. The summed E-state index contributed by atoms with van der Waals surface area (Å²) in [5.41, 5.74) is 1.05. The quantitative estimate of drug-likeness (QED) is 0.414. The summed E-state index contributed by atoms with van der Waals surface area (Å²) in [5.74, 6) is 0.0341. The molecule has 0 aromatic carbocycles. The van der Waals surface area contributed by atoms with Crippen molar-refractivity contribution in [3.63, 3.8) is 0 Å². The van der Waals surface area contributed by atoms with Crippen molar-refractivity contribution < 1.29 is 13.9 Å². The lowest BCUT2D eigenvalue weighted by molar-refractivity contribution is -0.0836. The molecule has 0 aromatic heterocycles. The van der Waals surface area contributed by atoms with Gasteiger partial charge in [-0.1, -0.05) is 13.8 Å². The molecule has 0 aliphatic rings. The first-order valence-electron chi connectivity index (χ1n) is 8.58. The van der Waals surface area contributed by atoms with Gasteiger partial charge in [-0.25, -0.2) is 0 Å². The fraction of sp³-hybridized carbons (Fsp3) is 1.00. The van der Waals surface area contributed by atoms with E-state index in [9.17, 15) is 0 Å². The molecular formula is C15H37NO3Si2. The van der Waals surface area contributed by atoms with Gasteiger partial charge < -0.3 is 19.2 Å². The molecule has 0 rings (SSSR count). The van der Waals surface area contributed by atoms with Crippen LogP contribution in [-0.2, 0) is 13.9 Å². The van der Waals surface area contributed by atoms with E-state index in [-0.39, 0.29) is 5.91 Å². The van der Waals surface area contributed by atoms with Crippen LogP contribution in [0, 0.1) is 0 Å². The Labute approximate surface area is 135 Å². The van der Waals surface area contributed by atoms with Crippen LogP contribution >= 0.6 is 0 Å². The lowest BCUT2D eigenvalue weighted by Crippen LogP contribution is -2.58. The predicted octanol–water partition coefficient (Wildman–Crippen LogP) is 2.40. The van der Waals surface area contributed by atoms with Crippen LogP contribution in [0.2, 0.25) is 13.1 Å². The monoisotopic (exact) mass is 335 g/mol. The summed E-state index contributed by atoms with van der Waals surface area (Å²) in [7, 11) is -2.17. The van der Waals surface area contributed by atoms with Crippen LogP contribution in [0.15, 0.2) is 0 Å². The van der Waals surface area contributed by atoms with Crippen molar-refractivity contribution >= 4 is 17.8 Å². The molecule has 6 heteroatoms. The van der Waals surface area contributed by atoms with Gasteiger partial charge in [0.15, 0.2) is 0 Å². The van der Waals surface area contributed by atoms with Crippen molar-refractivity contribution in [3.8, 4) is 0 Å². The minimum Gasteiger partial charge on any atom is -0.416 e. The normalized spacial score (nSPS) is 16.0. The van der Waals surface area contributed by atoms with Gasteiger partial charge in [-0.05, 0) is 52.4 Å². The van der Waals surface area contributed by atoms with Crippen molar-refractivity contribution in [2.24, 2.45) is 0 Å². The van der Waals surface area contributed by atoms with Gasteiger partial charge in [-0.2, -0.15) is 0 Å². The van der Waals surface area contributed by atoms with Gasteiger partial charge in [0, 0.05) is 25.5 Å². The highest BCUT2D eigenvalue weighted by atomic mass is 28.4. The molecule has 0 amide bonds. The lowest BCUT2D eigenvalue weighted by Gasteiger charge is -2.35. The summed E-state index contributed by atoms with van der Waals surface area (Å²) < 4.78 is 17.5. The third-order valence-electron chi connectivity index (χ3n) is 3.88. The van der Waals surface area contributed by atoms with Crippen molar-refractivity contribution in [1.29, 1.82) is 0 Å². The Balaban J connectivity index is 4.62. The van der Waals surface area contributed by atoms with E-state index in [4.69, 9.17) is 13.9 Å². The molecule has 0 aromatic rings. The van der Waals surface area contributed by atoms with Gasteiger partial charge >= 0.3 is 0 Å². The molecule has 0 bridgehead atoms. The van der Waals surface area contributed by atoms with Gasteiger partial charge in [0.1, 0.15) is 15.4 Å². The molecule has 0 heterocycles. The zero-order valence-electron chi connectivity index (χ0n) is 15.2. The first-order chi connectivity index (χ1) is 9.94. The average Bonchev–Trinajstić information content (AvgIpc) is 2.43. The second-order valence-corrected chi connectivity index (χ2v) is 12.2. The van der Waals surface area contributed by atoms with E-state index in [1.54, 1.807) is 0 Å². The molecule has 0 saturated heterocycles. The number of rotatable bonds is 13. The van der Waals surface area contributed by atoms with Gasteiger partial charge in [-0.15, -0.1) is 0 Å². The highest BCUT2D eigenvalue weighted by molar-refractivity contribution is 6.72. The Morgan fingerprint density at radius 1 is 0.905 bits per heavy atom. The predicted molar refractivity (Wildman–Crippen MR) is 96.0 cm³/mol.